The zero-order chi connectivity index (χ0) is 43.0. The molecule has 2 aliphatic carbocycles. The summed E-state index contributed by atoms with van der Waals surface area (Å²) in [6.45, 7) is 8.18. The van der Waals surface area contributed by atoms with Crippen molar-refractivity contribution in [1.29, 1.82) is 0 Å². The third kappa shape index (κ3) is 14.3. The monoisotopic (exact) mass is 860 g/mol. The number of ether oxygens (including phenoxy) is 6. The molecule has 0 spiro atoms. The van der Waals surface area contributed by atoms with Crippen LogP contribution in [0.3, 0.4) is 0 Å². The highest BCUT2D eigenvalue weighted by molar-refractivity contribution is 5.95. The Bertz CT molecular complexity index is 1820. The van der Waals surface area contributed by atoms with Crippen molar-refractivity contribution >= 4 is 23.3 Å². The second kappa shape index (κ2) is 23.1. The number of piperazine rings is 1. The summed E-state index contributed by atoms with van der Waals surface area (Å²) >= 11 is 0. The van der Waals surface area contributed by atoms with E-state index >= 15 is 0 Å². The van der Waals surface area contributed by atoms with Gasteiger partial charge in [-0.2, -0.15) is 0 Å². The van der Waals surface area contributed by atoms with Gasteiger partial charge in [-0.25, -0.2) is 9.97 Å². The molecule has 1 aliphatic heterocycles. The molecule has 2 saturated carbocycles. The molecule has 3 aromatic rings. The van der Waals surface area contributed by atoms with Gasteiger partial charge in [0.05, 0.1) is 84.0 Å². The van der Waals surface area contributed by atoms with Gasteiger partial charge in [0, 0.05) is 68.1 Å². The van der Waals surface area contributed by atoms with Gasteiger partial charge >= 0.3 is 6.36 Å². The first-order valence-corrected chi connectivity index (χ1v) is 20.6. The van der Waals surface area contributed by atoms with Gasteiger partial charge in [-0.3, -0.25) is 14.5 Å². The van der Waals surface area contributed by atoms with E-state index in [1.807, 2.05) is 11.0 Å². The zero-order valence-electron chi connectivity index (χ0n) is 34.0. The zero-order valence-corrected chi connectivity index (χ0v) is 34.0. The predicted molar refractivity (Wildman–Crippen MR) is 215 cm³/mol. The van der Waals surface area contributed by atoms with Crippen molar-refractivity contribution in [2.24, 2.45) is 17.8 Å². The number of hydrogen-bond acceptors (Lipinski definition) is 14. The largest absolute Gasteiger partial charge is 0.573 e. The molecule has 16 nitrogen and oxygen atoms in total. The van der Waals surface area contributed by atoms with Crippen molar-refractivity contribution in [3.63, 3.8) is 0 Å². The molecule has 6 rings (SSSR count). The smallest absolute Gasteiger partial charge is 0.406 e. The predicted octanol–water partition coefficient (Wildman–Crippen LogP) is 3.12. The molecule has 334 valence electrons. The van der Waals surface area contributed by atoms with Gasteiger partial charge in [0.15, 0.2) is 0 Å². The normalized spacial score (nSPS) is 21.5. The van der Waals surface area contributed by atoms with E-state index < -0.39 is 18.6 Å². The minimum Gasteiger partial charge on any atom is -0.406 e. The fourth-order valence-corrected chi connectivity index (χ4v) is 7.79. The summed E-state index contributed by atoms with van der Waals surface area (Å²) in [7, 11) is 0. The van der Waals surface area contributed by atoms with E-state index in [1.54, 1.807) is 24.3 Å². The number of fused-ring (bicyclic) bond motifs is 2. The summed E-state index contributed by atoms with van der Waals surface area (Å²) in [6.07, 6.45) is -3.57. The van der Waals surface area contributed by atoms with Crippen LogP contribution in [0.4, 0.5) is 24.7 Å². The van der Waals surface area contributed by atoms with Crippen molar-refractivity contribution in [3.05, 3.63) is 66.5 Å². The summed E-state index contributed by atoms with van der Waals surface area (Å²) in [6, 6.07) is 14.2. The van der Waals surface area contributed by atoms with Crippen molar-refractivity contribution in [2.75, 3.05) is 111 Å². The number of hydrogen-bond donors (Lipinski definition) is 4. The number of alkyl halides is 3. The lowest BCUT2D eigenvalue weighted by atomic mass is 9.84. The van der Waals surface area contributed by atoms with Crippen LogP contribution in [0.15, 0.2) is 60.9 Å². The van der Waals surface area contributed by atoms with E-state index in [0.717, 1.165) is 25.2 Å². The van der Waals surface area contributed by atoms with Crippen molar-refractivity contribution in [3.8, 4) is 17.0 Å². The van der Waals surface area contributed by atoms with Crippen LogP contribution >= 0.6 is 0 Å². The first-order chi connectivity index (χ1) is 29.5. The van der Waals surface area contributed by atoms with Crippen LogP contribution in [0.25, 0.3) is 11.3 Å². The molecule has 61 heavy (non-hydrogen) atoms. The van der Waals surface area contributed by atoms with Crippen LogP contribution < -0.4 is 15.4 Å². The molecule has 2 amide bonds. The number of nitrogens with one attached hydrogen (secondary N) is 2. The van der Waals surface area contributed by atoms with Crippen LogP contribution in [0.5, 0.6) is 5.75 Å². The average Bonchev–Trinajstić information content (AvgIpc) is 3.82. The number of anilines is 2. The minimum atomic E-state index is -4.77. The molecule has 1 aromatic heterocycles. The van der Waals surface area contributed by atoms with E-state index in [9.17, 15) is 33.0 Å². The third-order valence-electron chi connectivity index (χ3n) is 10.9. The number of aliphatic hydroxyl groups is 2. The summed E-state index contributed by atoms with van der Waals surface area (Å²) in [5.74, 6) is -0.429. The lowest BCUT2D eigenvalue weighted by molar-refractivity contribution is -0.274. The standard InChI is InChI=1S/C42H55F3N6O10/c43-42(44,45)61-33-6-4-32(5-7-33)49-37-27-36(47-28-48-37)29-2-1-3-30(24-29)41(55)51-11-9-50(10-12-51)13-15-57-17-19-59-21-23-60-22-20-58-18-16-56-14-8-46-40(54)35-26-31-25-34(35)39(53)38(31)52/h1-7,24,27-28,31,34-35,38-39,52-53H,8-23,25-26H2,(H,46,54)(H,47,48,49)/t31-,34+,35-,38?,39+/m0/s1. The van der Waals surface area contributed by atoms with Crippen LogP contribution in [-0.4, -0.2) is 166 Å². The van der Waals surface area contributed by atoms with Gasteiger partial charge in [-0.15, -0.1) is 13.2 Å². The molecular formula is C42H55F3N6O10. The summed E-state index contributed by atoms with van der Waals surface area (Å²) in [4.78, 5) is 38.5. The van der Waals surface area contributed by atoms with Gasteiger partial charge in [0.25, 0.3) is 5.91 Å². The fraction of sp³-hybridized carbons (Fsp3) is 0.571. The quantitative estimate of drug-likeness (QED) is 0.0964. The Morgan fingerprint density at radius 1 is 0.754 bits per heavy atom. The van der Waals surface area contributed by atoms with E-state index in [4.69, 9.17) is 23.7 Å². The van der Waals surface area contributed by atoms with E-state index in [1.165, 1.54) is 30.6 Å². The number of halogens is 3. The van der Waals surface area contributed by atoms with E-state index in [-0.39, 0.29) is 35.3 Å². The van der Waals surface area contributed by atoms with Crippen LogP contribution in [0.1, 0.15) is 23.2 Å². The molecule has 5 atom stereocenters. The summed E-state index contributed by atoms with van der Waals surface area (Å²) in [5, 5.41) is 25.8. The first-order valence-electron chi connectivity index (χ1n) is 20.6. The Hall–Kier alpha value is -4.47. The Kier molecular flexibility index (Phi) is 17.4. The lowest BCUT2D eigenvalue weighted by Gasteiger charge is -2.34. The van der Waals surface area contributed by atoms with E-state index in [2.05, 4.69) is 30.2 Å². The molecule has 2 bridgehead atoms. The number of aromatic nitrogens is 2. The third-order valence-corrected chi connectivity index (χ3v) is 10.9. The van der Waals surface area contributed by atoms with E-state index in [0.29, 0.717) is 121 Å². The number of amides is 2. The Morgan fingerprint density at radius 2 is 1.39 bits per heavy atom. The van der Waals surface area contributed by atoms with Crippen LogP contribution in [0, 0.1) is 17.8 Å². The van der Waals surface area contributed by atoms with Crippen molar-refractivity contribution < 1.29 is 61.4 Å². The first kappa shape index (κ1) is 46.0. The second-order valence-electron chi connectivity index (χ2n) is 15.0. The van der Waals surface area contributed by atoms with Gasteiger partial charge < -0.3 is 54.2 Å². The molecular weight excluding hydrogens is 805 g/mol. The van der Waals surface area contributed by atoms with Gasteiger partial charge in [-0.1, -0.05) is 12.1 Å². The molecule has 3 aliphatic rings. The number of nitrogens with zero attached hydrogens (tertiary/aromatic N) is 4. The molecule has 3 fully saturated rings. The summed E-state index contributed by atoms with van der Waals surface area (Å²) < 4.78 is 69.2. The Morgan fingerprint density at radius 3 is 2.02 bits per heavy atom. The topological polar surface area (TPSA) is 186 Å². The number of carbonyl (C=O) groups is 2. The Balaban J connectivity index is 0.741. The second-order valence-corrected chi connectivity index (χ2v) is 15.0. The van der Waals surface area contributed by atoms with Gasteiger partial charge in [-0.05, 0) is 61.1 Å². The maximum Gasteiger partial charge on any atom is 0.573 e. The highest BCUT2D eigenvalue weighted by Crippen LogP contribution is 2.48. The molecule has 19 heteroatoms. The molecule has 1 unspecified atom stereocenters. The number of benzene rings is 2. The molecule has 0 radical (unpaired) electrons. The fourth-order valence-electron chi connectivity index (χ4n) is 7.79. The van der Waals surface area contributed by atoms with Crippen molar-refractivity contribution in [1.82, 2.24) is 25.1 Å². The maximum absolute atomic E-state index is 13.4. The molecule has 1 saturated heterocycles. The number of rotatable bonds is 24. The summed E-state index contributed by atoms with van der Waals surface area (Å²) in [5.41, 5.74) is 2.34. The van der Waals surface area contributed by atoms with Gasteiger partial charge in [0.2, 0.25) is 5.91 Å². The van der Waals surface area contributed by atoms with Crippen molar-refractivity contribution in [2.45, 2.75) is 31.4 Å². The average molecular weight is 861 g/mol. The molecule has 2 heterocycles. The molecule has 2 aromatic carbocycles. The van der Waals surface area contributed by atoms with Crippen LogP contribution in [-0.2, 0) is 28.5 Å². The maximum atomic E-state index is 13.4. The highest BCUT2D eigenvalue weighted by atomic mass is 19.4. The Labute approximate surface area is 352 Å². The van der Waals surface area contributed by atoms with Crippen LogP contribution in [0.2, 0.25) is 0 Å². The molecule has 4 N–H and O–H groups in total. The number of carbonyl (C=O) groups excluding carboxylic acids is 2. The van der Waals surface area contributed by atoms with Gasteiger partial charge in [0.1, 0.15) is 17.9 Å². The number of aliphatic hydroxyl groups excluding tert-OH is 2. The lowest BCUT2D eigenvalue weighted by Crippen LogP contribution is -2.49. The highest BCUT2D eigenvalue weighted by Gasteiger charge is 2.53. The SMILES string of the molecule is O=C(NCCOCCOCCOCCOCCOCCN1CCN(C(=O)c2cccc(-c3cc(Nc4ccc(OC(F)(F)F)cc4)ncn3)c2)CC1)[C@H]1C[C@@H]2C[C@H]1[C@@H](O)C2O. The minimum absolute atomic E-state index is 0.0163.